The number of aromatic nitrogens is 2. The summed E-state index contributed by atoms with van der Waals surface area (Å²) < 4.78 is 19.2. The molecule has 0 aliphatic heterocycles. The Morgan fingerprint density at radius 3 is 2.75 bits per heavy atom. The van der Waals surface area contributed by atoms with Crippen LogP contribution in [0.25, 0.3) is 11.4 Å². The van der Waals surface area contributed by atoms with Crippen molar-refractivity contribution in [3.8, 4) is 11.4 Å². The molecule has 1 heterocycles. The van der Waals surface area contributed by atoms with Gasteiger partial charge in [0.2, 0.25) is 11.7 Å². The summed E-state index contributed by atoms with van der Waals surface area (Å²) in [5, 5.41) is 3.89. The molecular weight excluding hydrogens is 325 g/mol. The third-order valence-electron chi connectivity index (χ3n) is 3.14. The van der Waals surface area contributed by atoms with Crippen LogP contribution in [0.2, 0.25) is 0 Å². The van der Waals surface area contributed by atoms with Gasteiger partial charge in [-0.25, -0.2) is 4.39 Å². The minimum absolute atomic E-state index is 0.0475. The molecule has 0 aliphatic carbocycles. The zero-order valence-corrected chi connectivity index (χ0v) is 13.2. The predicted octanol–water partition coefficient (Wildman–Crippen LogP) is 3.55. The minimum Gasteiger partial charge on any atom is -0.339 e. The van der Waals surface area contributed by atoms with E-state index in [1.54, 1.807) is 6.07 Å². The molecule has 20 heavy (non-hydrogen) atoms. The van der Waals surface area contributed by atoms with Gasteiger partial charge in [0.1, 0.15) is 5.82 Å². The van der Waals surface area contributed by atoms with E-state index in [1.165, 1.54) is 12.1 Å². The molecule has 1 aromatic heterocycles. The summed E-state index contributed by atoms with van der Waals surface area (Å²) >= 11 is 3.35. The Hall–Kier alpha value is -1.27. The Morgan fingerprint density at radius 2 is 2.10 bits per heavy atom. The molecule has 1 unspecified atom stereocenters. The second-order valence-corrected chi connectivity index (χ2v) is 6.67. The Kier molecular flexibility index (Phi) is 4.25. The van der Waals surface area contributed by atoms with Crippen LogP contribution in [0.5, 0.6) is 0 Å². The highest BCUT2D eigenvalue weighted by Gasteiger charge is 2.23. The van der Waals surface area contributed by atoms with E-state index in [9.17, 15) is 4.39 Å². The van der Waals surface area contributed by atoms with Crippen LogP contribution in [0.3, 0.4) is 0 Å². The molecule has 1 aromatic carbocycles. The lowest BCUT2D eigenvalue weighted by Gasteiger charge is -2.25. The van der Waals surface area contributed by atoms with Crippen LogP contribution < -0.4 is 5.73 Å². The van der Waals surface area contributed by atoms with Crippen LogP contribution in [-0.2, 0) is 6.42 Å². The van der Waals surface area contributed by atoms with Crippen molar-refractivity contribution in [2.75, 3.05) is 0 Å². The van der Waals surface area contributed by atoms with E-state index >= 15 is 0 Å². The zero-order valence-electron chi connectivity index (χ0n) is 11.7. The quantitative estimate of drug-likeness (QED) is 0.926. The largest absolute Gasteiger partial charge is 0.339 e. The van der Waals surface area contributed by atoms with E-state index in [2.05, 4.69) is 46.8 Å². The summed E-state index contributed by atoms with van der Waals surface area (Å²) in [6, 6.07) is 4.25. The van der Waals surface area contributed by atoms with Crippen molar-refractivity contribution in [3.05, 3.63) is 34.4 Å². The standard InChI is InChI=1S/C14H17BrFN3O/c1-14(2,3)11(17)7-12-18-13(19-20-12)9-6-8(16)4-5-10(9)15/h4-6,11H,7,17H2,1-3H3. The molecule has 4 nitrogen and oxygen atoms in total. The van der Waals surface area contributed by atoms with Gasteiger partial charge in [-0.05, 0) is 23.6 Å². The van der Waals surface area contributed by atoms with Gasteiger partial charge in [0.25, 0.3) is 0 Å². The normalized spacial score (nSPS) is 13.5. The highest BCUT2D eigenvalue weighted by Crippen LogP contribution is 2.27. The molecule has 1 atom stereocenters. The Labute approximate surface area is 125 Å². The van der Waals surface area contributed by atoms with E-state index < -0.39 is 0 Å². The second kappa shape index (κ2) is 5.61. The van der Waals surface area contributed by atoms with Gasteiger partial charge < -0.3 is 10.3 Å². The molecule has 0 spiro atoms. The number of nitrogens with two attached hydrogens (primary N) is 1. The zero-order chi connectivity index (χ0) is 14.9. The van der Waals surface area contributed by atoms with Crippen LogP contribution in [-0.4, -0.2) is 16.2 Å². The maximum Gasteiger partial charge on any atom is 0.228 e. The molecule has 2 N–H and O–H groups in total. The summed E-state index contributed by atoms with van der Waals surface area (Å²) in [6.07, 6.45) is 0.490. The Balaban J connectivity index is 2.23. The maximum atomic E-state index is 13.3. The van der Waals surface area contributed by atoms with Crippen LogP contribution >= 0.6 is 15.9 Å². The lowest BCUT2D eigenvalue weighted by molar-refractivity contribution is 0.286. The number of benzene rings is 1. The van der Waals surface area contributed by atoms with Gasteiger partial charge in [0, 0.05) is 22.5 Å². The van der Waals surface area contributed by atoms with E-state index in [0.29, 0.717) is 28.2 Å². The lowest BCUT2D eigenvalue weighted by atomic mass is 9.85. The average molecular weight is 342 g/mol. The van der Waals surface area contributed by atoms with E-state index in [-0.39, 0.29) is 17.3 Å². The number of nitrogens with zero attached hydrogens (tertiary/aromatic N) is 2. The van der Waals surface area contributed by atoms with E-state index in [4.69, 9.17) is 10.3 Å². The van der Waals surface area contributed by atoms with Crippen molar-refractivity contribution in [1.29, 1.82) is 0 Å². The smallest absolute Gasteiger partial charge is 0.228 e. The van der Waals surface area contributed by atoms with Crippen molar-refractivity contribution in [1.82, 2.24) is 10.1 Å². The average Bonchev–Trinajstić information content (AvgIpc) is 2.79. The lowest BCUT2D eigenvalue weighted by Crippen LogP contribution is -2.36. The fraction of sp³-hybridized carbons (Fsp3) is 0.429. The first-order valence-electron chi connectivity index (χ1n) is 6.31. The highest BCUT2D eigenvalue weighted by atomic mass is 79.9. The van der Waals surface area contributed by atoms with Crippen LogP contribution in [0.15, 0.2) is 27.2 Å². The number of halogens is 2. The van der Waals surface area contributed by atoms with Crippen LogP contribution in [0.4, 0.5) is 4.39 Å². The van der Waals surface area contributed by atoms with Crippen molar-refractivity contribution < 1.29 is 8.91 Å². The first-order chi connectivity index (χ1) is 9.27. The molecule has 0 amide bonds. The number of rotatable bonds is 3. The second-order valence-electron chi connectivity index (χ2n) is 5.81. The molecule has 0 bridgehead atoms. The minimum atomic E-state index is -0.346. The first kappa shape index (κ1) is 15.1. The van der Waals surface area contributed by atoms with Crippen LogP contribution in [0, 0.1) is 11.2 Å². The maximum absolute atomic E-state index is 13.3. The van der Waals surface area contributed by atoms with Gasteiger partial charge >= 0.3 is 0 Å². The highest BCUT2D eigenvalue weighted by molar-refractivity contribution is 9.10. The summed E-state index contributed by atoms with van der Waals surface area (Å²) in [4.78, 5) is 4.28. The molecule has 0 saturated carbocycles. The van der Waals surface area contributed by atoms with E-state index in [1.807, 2.05) is 0 Å². The van der Waals surface area contributed by atoms with Crippen molar-refractivity contribution in [3.63, 3.8) is 0 Å². The molecule has 0 saturated heterocycles. The third-order valence-corrected chi connectivity index (χ3v) is 3.84. The van der Waals surface area contributed by atoms with Crippen molar-refractivity contribution in [2.45, 2.75) is 33.2 Å². The summed E-state index contributed by atoms with van der Waals surface area (Å²) in [7, 11) is 0. The topological polar surface area (TPSA) is 64.9 Å². The molecule has 0 aliphatic rings. The first-order valence-corrected chi connectivity index (χ1v) is 7.10. The Bertz CT molecular complexity index is 607. The van der Waals surface area contributed by atoms with Gasteiger partial charge in [0.15, 0.2) is 0 Å². The van der Waals surface area contributed by atoms with Gasteiger partial charge in [0.05, 0.1) is 0 Å². The van der Waals surface area contributed by atoms with Gasteiger partial charge in [-0.2, -0.15) is 4.98 Å². The fourth-order valence-corrected chi connectivity index (χ4v) is 2.03. The van der Waals surface area contributed by atoms with Crippen molar-refractivity contribution in [2.24, 2.45) is 11.1 Å². The molecule has 0 radical (unpaired) electrons. The fourth-order valence-electron chi connectivity index (χ4n) is 1.61. The molecule has 0 fully saturated rings. The molecule has 6 heteroatoms. The number of hydrogen-bond acceptors (Lipinski definition) is 4. The predicted molar refractivity (Wildman–Crippen MR) is 78.5 cm³/mol. The van der Waals surface area contributed by atoms with Gasteiger partial charge in [-0.1, -0.05) is 41.9 Å². The Morgan fingerprint density at radius 1 is 1.40 bits per heavy atom. The van der Waals surface area contributed by atoms with Crippen molar-refractivity contribution >= 4 is 15.9 Å². The van der Waals surface area contributed by atoms with Gasteiger partial charge in [-0.3, -0.25) is 0 Å². The van der Waals surface area contributed by atoms with Gasteiger partial charge in [-0.15, -0.1) is 0 Å². The summed E-state index contributed by atoms with van der Waals surface area (Å²) in [5.41, 5.74) is 6.60. The third kappa shape index (κ3) is 3.43. The summed E-state index contributed by atoms with van der Waals surface area (Å²) in [5.74, 6) is 0.465. The van der Waals surface area contributed by atoms with Crippen LogP contribution in [0.1, 0.15) is 26.7 Å². The summed E-state index contributed by atoms with van der Waals surface area (Å²) in [6.45, 7) is 6.16. The molecular formula is C14H17BrFN3O. The van der Waals surface area contributed by atoms with E-state index in [0.717, 1.165) is 0 Å². The molecule has 2 rings (SSSR count). The number of hydrogen-bond donors (Lipinski definition) is 1. The molecule has 2 aromatic rings. The molecule has 108 valence electrons. The SMILES string of the molecule is CC(C)(C)C(N)Cc1nc(-c2cc(F)ccc2Br)no1. The monoisotopic (exact) mass is 341 g/mol.